The molecule has 2 rings (SSSR count). The normalized spacial score (nSPS) is 10.9. The molecule has 0 unspecified atom stereocenters. The fourth-order valence-corrected chi connectivity index (χ4v) is 1.56. The maximum Gasteiger partial charge on any atom is 0.433 e. The summed E-state index contributed by atoms with van der Waals surface area (Å²) in [5.41, 5.74) is -0.503. The van der Waals surface area contributed by atoms with Crippen molar-refractivity contribution in [1.29, 1.82) is 0 Å². The van der Waals surface area contributed by atoms with Crippen LogP contribution in [0.25, 0.3) is 0 Å². The Balaban J connectivity index is 1.74. The van der Waals surface area contributed by atoms with Gasteiger partial charge in [0, 0.05) is 25.5 Å². The number of halogens is 3. The zero-order valence-corrected chi connectivity index (χ0v) is 11.8. The molecule has 0 aromatic carbocycles. The van der Waals surface area contributed by atoms with Crippen LogP contribution < -0.4 is 16.0 Å². The third-order valence-corrected chi connectivity index (χ3v) is 2.56. The van der Waals surface area contributed by atoms with Gasteiger partial charge in [-0.05, 0) is 18.2 Å². The highest BCUT2D eigenvalue weighted by Gasteiger charge is 2.32. The van der Waals surface area contributed by atoms with Crippen molar-refractivity contribution in [3.8, 4) is 0 Å². The van der Waals surface area contributed by atoms with E-state index in [0.29, 0.717) is 5.69 Å². The summed E-state index contributed by atoms with van der Waals surface area (Å²) in [4.78, 5) is 22.4. The third-order valence-electron chi connectivity index (χ3n) is 2.56. The Morgan fingerprint density at radius 3 is 2.70 bits per heavy atom. The Morgan fingerprint density at radius 1 is 1.17 bits per heavy atom. The summed E-state index contributed by atoms with van der Waals surface area (Å²) in [5.74, 6) is -0.158. The number of pyridine rings is 1. The molecule has 2 aromatic rings. The minimum Gasteiger partial charge on any atom is -0.352 e. The number of hydrogen-bond donors (Lipinski definition) is 3. The third kappa shape index (κ3) is 5.41. The number of alkyl halides is 3. The van der Waals surface area contributed by atoms with Crippen molar-refractivity contribution in [3.63, 3.8) is 0 Å². The van der Waals surface area contributed by atoms with Gasteiger partial charge in [-0.25, -0.2) is 14.8 Å². The van der Waals surface area contributed by atoms with Crippen LogP contribution in [0.1, 0.15) is 5.69 Å². The van der Waals surface area contributed by atoms with Gasteiger partial charge in [-0.2, -0.15) is 13.2 Å². The van der Waals surface area contributed by atoms with Crippen LogP contribution in [0, 0.1) is 0 Å². The van der Waals surface area contributed by atoms with E-state index in [4.69, 9.17) is 0 Å². The molecule has 0 aliphatic carbocycles. The van der Waals surface area contributed by atoms with Crippen LogP contribution in [0.5, 0.6) is 0 Å². The molecular weight excluding hydrogens is 313 g/mol. The Bertz CT molecular complexity index is 650. The second-order valence-corrected chi connectivity index (χ2v) is 4.31. The topological polar surface area (TPSA) is 91.8 Å². The van der Waals surface area contributed by atoms with Crippen molar-refractivity contribution in [1.82, 2.24) is 20.3 Å². The number of nitrogens with one attached hydrogen (secondary N) is 3. The molecule has 122 valence electrons. The summed E-state index contributed by atoms with van der Waals surface area (Å²) < 4.78 is 37.4. The molecule has 23 heavy (non-hydrogen) atoms. The van der Waals surface area contributed by atoms with E-state index in [1.807, 2.05) is 0 Å². The molecule has 2 aromatic heterocycles. The monoisotopic (exact) mass is 326 g/mol. The number of amides is 2. The fraction of sp³-hybridized carbons (Fsp3) is 0.231. The van der Waals surface area contributed by atoms with Crippen molar-refractivity contribution in [3.05, 3.63) is 42.5 Å². The standard InChI is InChI=1S/C13H13F3N6O/c14-13(15,16)10-3-5-18-11(22-10)19-6-7-20-12(23)21-9-2-1-4-17-8-9/h1-5,8H,6-7H2,(H,18,19,22)(H2,20,21,23). The van der Waals surface area contributed by atoms with E-state index in [2.05, 4.69) is 30.9 Å². The Hall–Kier alpha value is -2.91. The maximum atomic E-state index is 12.5. The number of anilines is 2. The molecule has 0 spiro atoms. The van der Waals surface area contributed by atoms with E-state index < -0.39 is 17.9 Å². The highest BCUT2D eigenvalue weighted by atomic mass is 19.4. The summed E-state index contributed by atoms with van der Waals surface area (Å²) in [6.07, 6.45) is -0.460. The first-order valence-electron chi connectivity index (χ1n) is 6.54. The molecular formula is C13H13F3N6O. The predicted octanol–water partition coefficient (Wildman–Crippen LogP) is 2.12. The van der Waals surface area contributed by atoms with Crippen molar-refractivity contribution in [2.24, 2.45) is 0 Å². The van der Waals surface area contributed by atoms with Gasteiger partial charge in [0.05, 0.1) is 11.9 Å². The molecule has 2 amide bonds. The zero-order chi connectivity index (χ0) is 16.7. The van der Waals surface area contributed by atoms with Gasteiger partial charge in [0.15, 0.2) is 0 Å². The molecule has 10 heteroatoms. The first-order valence-corrected chi connectivity index (χ1v) is 6.54. The highest BCUT2D eigenvalue weighted by molar-refractivity contribution is 5.88. The molecule has 3 N–H and O–H groups in total. The van der Waals surface area contributed by atoms with Crippen LogP contribution in [0.3, 0.4) is 0 Å². The lowest BCUT2D eigenvalue weighted by molar-refractivity contribution is -0.141. The molecule has 0 aliphatic heterocycles. The van der Waals surface area contributed by atoms with E-state index in [1.54, 1.807) is 18.3 Å². The lowest BCUT2D eigenvalue weighted by Crippen LogP contribution is -2.32. The maximum absolute atomic E-state index is 12.5. The van der Waals surface area contributed by atoms with Gasteiger partial charge in [0.2, 0.25) is 5.95 Å². The first-order chi connectivity index (χ1) is 10.9. The van der Waals surface area contributed by atoms with Crippen molar-refractivity contribution >= 4 is 17.7 Å². The van der Waals surface area contributed by atoms with Crippen LogP contribution in [0.15, 0.2) is 36.8 Å². The molecule has 0 atom stereocenters. The van der Waals surface area contributed by atoms with Gasteiger partial charge in [-0.15, -0.1) is 0 Å². The Kier molecular flexibility index (Phi) is 5.28. The molecule has 0 fully saturated rings. The molecule has 0 bridgehead atoms. The number of rotatable bonds is 5. The zero-order valence-electron chi connectivity index (χ0n) is 11.8. The SMILES string of the molecule is O=C(NCCNc1nccc(C(F)(F)F)n1)Nc1cccnc1. The van der Waals surface area contributed by atoms with Gasteiger partial charge in [0.25, 0.3) is 0 Å². The van der Waals surface area contributed by atoms with E-state index in [-0.39, 0.29) is 19.0 Å². The van der Waals surface area contributed by atoms with Crippen LogP contribution in [0.2, 0.25) is 0 Å². The van der Waals surface area contributed by atoms with Crippen LogP contribution in [-0.2, 0) is 6.18 Å². The Labute approximate surface area is 129 Å². The van der Waals surface area contributed by atoms with Crippen molar-refractivity contribution in [2.75, 3.05) is 23.7 Å². The second kappa shape index (κ2) is 7.38. The lowest BCUT2D eigenvalue weighted by atomic mass is 10.4. The molecule has 0 saturated heterocycles. The number of carbonyl (C=O) groups excluding carboxylic acids is 1. The van der Waals surface area contributed by atoms with Crippen LogP contribution >= 0.6 is 0 Å². The number of aromatic nitrogens is 3. The molecule has 0 radical (unpaired) electrons. The largest absolute Gasteiger partial charge is 0.433 e. The van der Waals surface area contributed by atoms with Gasteiger partial charge in [-0.1, -0.05) is 0 Å². The summed E-state index contributed by atoms with van der Waals surface area (Å²) >= 11 is 0. The quantitative estimate of drug-likeness (QED) is 0.732. The van der Waals surface area contributed by atoms with Gasteiger partial charge in [0.1, 0.15) is 5.69 Å². The van der Waals surface area contributed by atoms with Gasteiger partial charge < -0.3 is 16.0 Å². The minimum absolute atomic E-state index is 0.158. The van der Waals surface area contributed by atoms with E-state index in [1.165, 1.54) is 6.20 Å². The molecule has 0 aliphatic rings. The van der Waals surface area contributed by atoms with E-state index in [0.717, 1.165) is 12.3 Å². The fourth-order valence-electron chi connectivity index (χ4n) is 1.56. The molecule has 2 heterocycles. The second-order valence-electron chi connectivity index (χ2n) is 4.31. The van der Waals surface area contributed by atoms with Crippen LogP contribution in [0.4, 0.5) is 29.6 Å². The lowest BCUT2D eigenvalue weighted by Gasteiger charge is -2.09. The van der Waals surface area contributed by atoms with E-state index in [9.17, 15) is 18.0 Å². The summed E-state index contributed by atoms with van der Waals surface area (Å²) in [6, 6.07) is 3.67. The molecule has 7 nitrogen and oxygen atoms in total. The van der Waals surface area contributed by atoms with Crippen LogP contribution in [-0.4, -0.2) is 34.1 Å². The number of carbonyl (C=O) groups is 1. The predicted molar refractivity (Wildman–Crippen MR) is 76.8 cm³/mol. The summed E-state index contributed by atoms with van der Waals surface area (Å²) in [6.45, 7) is 0.341. The number of hydrogen-bond acceptors (Lipinski definition) is 5. The van der Waals surface area contributed by atoms with E-state index >= 15 is 0 Å². The Morgan fingerprint density at radius 2 is 2.00 bits per heavy atom. The first kappa shape index (κ1) is 16.5. The van der Waals surface area contributed by atoms with Gasteiger partial charge >= 0.3 is 12.2 Å². The van der Waals surface area contributed by atoms with Gasteiger partial charge in [-0.3, -0.25) is 4.98 Å². The smallest absolute Gasteiger partial charge is 0.352 e. The van der Waals surface area contributed by atoms with Crippen molar-refractivity contribution in [2.45, 2.75) is 6.18 Å². The summed E-state index contributed by atoms with van der Waals surface area (Å²) in [7, 11) is 0. The average molecular weight is 326 g/mol. The van der Waals surface area contributed by atoms with Crippen molar-refractivity contribution < 1.29 is 18.0 Å². The average Bonchev–Trinajstić information content (AvgIpc) is 2.52. The molecule has 0 saturated carbocycles. The number of nitrogens with zero attached hydrogens (tertiary/aromatic N) is 3. The highest BCUT2D eigenvalue weighted by Crippen LogP contribution is 2.27. The number of urea groups is 1. The summed E-state index contributed by atoms with van der Waals surface area (Å²) in [5, 5.41) is 7.68. The minimum atomic E-state index is -4.53.